The van der Waals surface area contributed by atoms with Crippen LogP contribution in [-0.4, -0.2) is 50.0 Å². The average Bonchev–Trinajstić information content (AvgIpc) is 2.26. The van der Waals surface area contributed by atoms with Gasteiger partial charge < -0.3 is 5.73 Å². The lowest BCUT2D eigenvalue weighted by molar-refractivity contribution is 0.0231. The molecule has 0 aromatic rings. The zero-order valence-corrected chi connectivity index (χ0v) is 12.4. The van der Waals surface area contributed by atoms with E-state index in [9.17, 15) is 8.42 Å². The molecular weight excluding hydrogens is 248 g/mol. The Hall–Kier alpha value is -0.130. The molecule has 0 aromatic heterocycles. The zero-order valence-electron chi connectivity index (χ0n) is 11.6. The number of nitrogens with two attached hydrogens (primary N) is 1. The van der Waals surface area contributed by atoms with Crippen molar-refractivity contribution in [3.63, 3.8) is 0 Å². The molecule has 2 N–H and O–H groups in total. The molecule has 0 amide bonds. The molecule has 4 nitrogen and oxygen atoms in total. The summed E-state index contributed by atoms with van der Waals surface area (Å²) in [5.74, 6) is 0.596. The van der Waals surface area contributed by atoms with E-state index in [0.29, 0.717) is 12.3 Å². The lowest BCUT2D eigenvalue weighted by Crippen LogP contribution is -2.63. The Labute approximate surface area is 111 Å². The summed E-state index contributed by atoms with van der Waals surface area (Å²) >= 11 is 0. The highest BCUT2D eigenvalue weighted by atomic mass is 32.2. The molecule has 2 heterocycles. The van der Waals surface area contributed by atoms with E-state index in [2.05, 4.69) is 18.7 Å². The molecule has 18 heavy (non-hydrogen) atoms. The number of sulfone groups is 1. The molecule has 2 rings (SSSR count). The van der Waals surface area contributed by atoms with Crippen molar-refractivity contribution in [2.75, 3.05) is 31.1 Å². The summed E-state index contributed by atoms with van der Waals surface area (Å²) < 4.78 is 23.9. The number of hydrogen-bond acceptors (Lipinski definition) is 4. The van der Waals surface area contributed by atoms with E-state index in [1.54, 1.807) is 0 Å². The number of piperidine rings is 1. The Morgan fingerprint density at radius 3 is 2.50 bits per heavy atom. The van der Waals surface area contributed by atoms with Crippen molar-refractivity contribution >= 4 is 9.84 Å². The molecule has 0 aliphatic carbocycles. The van der Waals surface area contributed by atoms with Crippen molar-refractivity contribution in [1.82, 2.24) is 4.90 Å². The van der Waals surface area contributed by atoms with Crippen LogP contribution in [0.25, 0.3) is 0 Å². The second-order valence-corrected chi connectivity index (χ2v) is 9.00. The van der Waals surface area contributed by atoms with Crippen molar-refractivity contribution in [1.29, 1.82) is 0 Å². The number of hydrogen-bond donors (Lipinski definition) is 1. The second kappa shape index (κ2) is 4.76. The summed E-state index contributed by atoms with van der Waals surface area (Å²) in [4.78, 5) is 2.37. The molecule has 2 aliphatic heterocycles. The number of nitrogens with zero attached hydrogens (tertiary/aromatic N) is 1. The van der Waals surface area contributed by atoms with Crippen LogP contribution >= 0.6 is 0 Å². The fourth-order valence-corrected chi connectivity index (χ4v) is 5.53. The molecule has 0 radical (unpaired) electrons. The first-order chi connectivity index (χ1) is 8.29. The normalized spacial score (nSPS) is 36.4. The summed E-state index contributed by atoms with van der Waals surface area (Å²) in [6.07, 6.45) is 4.06. The largest absolute Gasteiger partial charge is 0.329 e. The highest BCUT2D eigenvalue weighted by Crippen LogP contribution is 2.36. The smallest absolute Gasteiger partial charge is 0.152 e. The van der Waals surface area contributed by atoms with E-state index in [1.165, 1.54) is 6.42 Å². The van der Waals surface area contributed by atoms with Gasteiger partial charge in [-0.2, -0.15) is 0 Å². The highest BCUT2D eigenvalue weighted by Gasteiger charge is 2.45. The van der Waals surface area contributed by atoms with Gasteiger partial charge in [-0.1, -0.05) is 13.8 Å². The first-order valence-corrected chi connectivity index (χ1v) is 8.76. The Kier molecular flexibility index (Phi) is 3.78. The minimum absolute atomic E-state index is 0.257. The third kappa shape index (κ3) is 2.89. The van der Waals surface area contributed by atoms with Crippen molar-refractivity contribution < 1.29 is 8.42 Å². The van der Waals surface area contributed by atoms with Crippen LogP contribution in [-0.2, 0) is 9.84 Å². The third-order valence-electron chi connectivity index (χ3n) is 4.54. The maximum Gasteiger partial charge on any atom is 0.152 e. The van der Waals surface area contributed by atoms with Crippen LogP contribution < -0.4 is 5.73 Å². The van der Waals surface area contributed by atoms with Crippen LogP contribution in [0.5, 0.6) is 0 Å². The second-order valence-electron chi connectivity index (χ2n) is 6.81. The molecule has 1 atom stereocenters. The Morgan fingerprint density at radius 1 is 1.22 bits per heavy atom. The molecule has 1 unspecified atom stereocenters. The van der Waals surface area contributed by atoms with Gasteiger partial charge in [-0.05, 0) is 37.6 Å². The third-order valence-corrected chi connectivity index (χ3v) is 6.43. The Bertz CT molecular complexity index is 405. The van der Waals surface area contributed by atoms with Crippen LogP contribution in [0, 0.1) is 5.41 Å². The van der Waals surface area contributed by atoms with Crippen LogP contribution in [0.4, 0.5) is 0 Å². The van der Waals surface area contributed by atoms with Gasteiger partial charge in [-0.25, -0.2) is 8.42 Å². The predicted molar refractivity (Wildman–Crippen MR) is 74.3 cm³/mol. The van der Waals surface area contributed by atoms with Gasteiger partial charge in [0.05, 0.1) is 11.5 Å². The van der Waals surface area contributed by atoms with Crippen LogP contribution in [0.15, 0.2) is 0 Å². The van der Waals surface area contributed by atoms with Crippen molar-refractivity contribution in [3.8, 4) is 0 Å². The van der Waals surface area contributed by atoms with E-state index < -0.39 is 9.84 Å². The maximum atomic E-state index is 11.9. The quantitative estimate of drug-likeness (QED) is 0.816. The van der Waals surface area contributed by atoms with Crippen LogP contribution in [0.1, 0.15) is 39.5 Å². The van der Waals surface area contributed by atoms with Crippen molar-refractivity contribution in [3.05, 3.63) is 0 Å². The number of likely N-dealkylation sites (tertiary alicyclic amines) is 1. The molecule has 106 valence electrons. The fraction of sp³-hybridized carbons (Fsp3) is 1.00. The minimum Gasteiger partial charge on any atom is -0.329 e. The minimum atomic E-state index is -2.91. The Balaban J connectivity index is 2.21. The molecule has 0 spiro atoms. The first kappa shape index (κ1) is 14.3. The van der Waals surface area contributed by atoms with E-state index >= 15 is 0 Å². The van der Waals surface area contributed by atoms with Gasteiger partial charge in [0.25, 0.3) is 0 Å². The van der Waals surface area contributed by atoms with E-state index in [1.807, 2.05) is 0 Å². The predicted octanol–water partition coefficient (Wildman–Crippen LogP) is 1.01. The van der Waals surface area contributed by atoms with E-state index in [0.717, 1.165) is 32.4 Å². The van der Waals surface area contributed by atoms with Gasteiger partial charge in [0.2, 0.25) is 0 Å². The maximum absolute atomic E-state index is 11.9. The van der Waals surface area contributed by atoms with Crippen LogP contribution in [0.2, 0.25) is 0 Å². The van der Waals surface area contributed by atoms with Crippen LogP contribution in [0.3, 0.4) is 0 Å². The number of rotatable bonds is 2. The molecule has 0 aromatic carbocycles. The van der Waals surface area contributed by atoms with Crippen molar-refractivity contribution in [2.24, 2.45) is 11.1 Å². The molecule has 2 fully saturated rings. The lowest BCUT2D eigenvalue weighted by Gasteiger charge is -2.50. The average molecular weight is 274 g/mol. The monoisotopic (exact) mass is 274 g/mol. The van der Waals surface area contributed by atoms with E-state index in [-0.39, 0.29) is 16.7 Å². The molecule has 2 aliphatic rings. The standard InChI is InChI=1S/C13H26N2O2S/c1-12(2)5-3-7-15(10-12)13(9-14)6-4-8-18(16,17)11-13/h3-11,14H2,1-2H3. The highest BCUT2D eigenvalue weighted by molar-refractivity contribution is 7.91. The fourth-order valence-electron chi connectivity index (χ4n) is 3.54. The zero-order chi connectivity index (χ0) is 13.4. The van der Waals surface area contributed by atoms with Gasteiger partial charge in [0, 0.05) is 18.6 Å². The van der Waals surface area contributed by atoms with Gasteiger partial charge in [0.1, 0.15) is 0 Å². The first-order valence-electron chi connectivity index (χ1n) is 6.94. The lowest BCUT2D eigenvalue weighted by atomic mass is 9.80. The summed E-state index contributed by atoms with van der Waals surface area (Å²) in [6.45, 7) is 6.96. The molecule has 0 saturated carbocycles. The molecule has 5 heteroatoms. The Morgan fingerprint density at radius 2 is 1.94 bits per heavy atom. The molecule has 0 bridgehead atoms. The van der Waals surface area contributed by atoms with Gasteiger partial charge >= 0.3 is 0 Å². The van der Waals surface area contributed by atoms with Gasteiger partial charge in [-0.3, -0.25) is 4.90 Å². The van der Waals surface area contributed by atoms with Gasteiger partial charge in [-0.15, -0.1) is 0 Å². The van der Waals surface area contributed by atoms with E-state index in [4.69, 9.17) is 5.73 Å². The molecule has 2 saturated heterocycles. The topological polar surface area (TPSA) is 63.4 Å². The van der Waals surface area contributed by atoms with Gasteiger partial charge in [0.15, 0.2) is 9.84 Å². The summed E-state index contributed by atoms with van der Waals surface area (Å²) in [5.41, 5.74) is 5.96. The SMILES string of the molecule is CC1(C)CCCN(C2(CN)CCCS(=O)(=O)C2)C1. The van der Waals surface area contributed by atoms with Crippen molar-refractivity contribution in [2.45, 2.75) is 45.1 Å². The summed E-state index contributed by atoms with van der Waals surface area (Å²) in [5, 5.41) is 0. The molecular formula is C13H26N2O2S. The summed E-state index contributed by atoms with van der Waals surface area (Å²) in [7, 11) is -2.91. The summed E-state index contributed by atoms with van der Waals surface area (Å²) in [6, 6.07) is 0.